The van der Waals surface area contributed by atoms with Crippen molar-refractivity contribution in [1.82, 2.24) is 0 Å². The number of aliphatic carboxylic acids is 1. The lowest BCUT2D eigenvalue weighted by atomic mass is 9.77. The summed E-state index contributed by atoms with van der Waals surface area (Å²) in [5.74, 6) is -0.523. The Bertz CT molecular complexity index is 245. The molecule has 1 rings (SSSR count). The normalized spacial score (nSPS) is 28.6. The van der Waals surface area contributed by atoms with Crippen molar-refractivity contribution >= 4 is 5.97 Å². The van der Waals surface area contributed by atoms with Crippen LogP contribution in [0.4, 0.5) is 0 Å². The van der Waals surface area contributed by atoms with Gasteiger partial charge in [-0.05, 0) is 18.4 Å². The maximum absolute atomic E-state index is 11.3. The highest BCUT2D eigenvalue weighted by Crippen LogP contribution is 2.35. The number of rotatable bonds is 3. The second kappa shape index (κ2) is 4.03. The molecule has 0 amide bonds. The zero-order valence-electron chi connectivity index (χ0n) is 8.99. The highest BCUT2D eigenvalue weighted by Gasteiger charge is 2.47. The number of ether oxygens (including phenoxy) is 1. The summed E-state index contributed by atoms with van der Waals surface area (Å²) in [6.07, 6.45) is 4.74. The number of hydrogen-bond donors (Lipinski definition) is 1. The number of carboxylic acid groups (broad SMARTS) is 1. The first-order valence-electron chi connectivity index (χ1n) is 5.07. The Hall–Kier alpha value is -0.990. The lowest BCUT2D eigenvalue weighted by Crippen LogP contribution is -2.49. The van der Waals surface area contributed by atoms with Crippen molar-refractivity contribution in [2.45, 2.75) is 39.2 Å². The molecule has 80 valence electrons. The minimum atomic E-state index is -1.01. The summed E-state index contributed by atoms with van der Waals surface area (Å²) >= 11 is 0. The third-order valence-corrected chi connectivity index (χ3v) is 3.15. The van der Waals surface area contributed by atoms with E-state index in [0.29, 0.717) is 12.3 Å². The van der Waals surface area contributed by atoms with Crippen molar-refractivity contribution in [3.8, 4) is 0 Å². The average Bonchev–Trinajstić information content (AvgIpc) is 2.17. The maximum Gasteiger partial charge on any atom is 0.348 e. The van der Waals surface area contributed by atoms with Crippen molar-refractivity contribution < 1.29 is 14.6 Å². The molecule has 2 unspecified atom stereocenters. The summed E-state index contributed by atoms with van der Waals surface area (Å²) in [5, 5.41) is 9.25. The van der Waals surface area contributed by atoms with Crippen LogP contribution in [0.1, 0.15) is 33.6 Å². The smallest absolute Gasteiger partial charge is 0.348 e. The molecular weight excluding hydrogens is 180 g/mol. The molecule has 1 aliphatic heterocycles. The van der Waals surface area contributed by atoms with Crippen LogP contribution in [0.3, 0.4) is 0 Å². The highest BCUT2D eigenvalue weighted by atomic mass is 16.5. The monoisotopic (exact) mass is 198 g/mol. The van der Waals surface area contributed by atoms with Gasteiger partial charge in [-0.2, -0.15) is 0 Å². The van der Waals surface area contributed by atoms with E-state index in [9.17, 15) is 9.90 Å². The predicted molar refractivity (Wildman–Crippen MR) is 53.8 cm³/mol. The zero-order valence-corrected chi connectivity index (χ0v) is 8.99. The van der Waals surface area contributed by atoms with E-state index in [1.807, 2.05) is 26.8 Å². The average molecular weight is 198 g/mol. The van der Waals surface area contributed by atoms with Gasteiger partial charge in [-0.15, -0.1) is 0 Å². The van der Waals surface area contributed by atoms with E-state index < -0.39 is 11.6 Å². The molecule has 1 heterocycles. The van der Waals surface area contributed by atoms with Crippen LogP contribution in [0.25, 0.3) is 0 Å². The van der Waals surface area contributed by atoms with Gasteiger partial charge in [0.2, 0.25) is 5.60 Å². The molecule has 0 radical (unpaired) electrons. The molecule has 0 aromatic heterocycles. The molecule has 0 aromatic carbocycles. The number of carboxylic acids is 1. The summed E-state index contributed by atoms with van der Waals surface area (Å²) in [4.78, 5) is 11.3. The van der Waals surface area contributed by atoms with Gasteiger partial charge in [-0.25, -0.2) is 4.79 Å². The Morgan fingerprint density at radius 3 is 2.50 bits per heavy atom. The van der Waals surface area contributed by atoms with Crippen LogP contribution in [0.2, 0.25) is 0 Å². The van der Waals surface area contributed by atoms with Gasteiger partial charge in [0.1, 0.15) is 0 Å². The summed E-state index contributed by atoms with van der Waals surface area (Å²) < 4.78 is 5.37. The molecule has 2 atom stereocenters. The topological polar surface area (TPSA) is 46.5 Å². The van der Waals surface area contributed by atoms with Gasteiger partial charge in [0, 0.05) is 12.3 Å². The number of hydrogen-bond acceptors (Lipinski definition) is 2. The van der Waals surface area contributed by atoms with Crippen LogP contribution in [-0.4, -0.2) is 16.7 Å². The molecule has 1 aliphatic rings. The highest BCUT2D eigenvalue weighted by molar-refractivity contribution is 5.78. The Morgan fingerprint density at radius 1 is 1.50 bits per heavy atom. The zero-order chi connectivity index (χ0) is 10.8. The molecule has 3 nitrogen and oxygen atoms in total. The first-order valence-corrected chi connectivity index (χ1v) is 5.07. The van der Waals surface area contributed by atoms with Gasteiger partial charge in [0.15, 0.2) is 0 Å². The second-order valence-electron chi connectivity index (χ2n) is 4.26. The van der Waals surface area contributed by atoms with Crippen molar-refractivity contribution in [3.63, 3.8) is 0 Å². The van der Waals surface area contributed by atoms with Crippen LogP contribution < -0.4 is 0 Å². The van der Waals surface area contributed by atoms with Gasteiger partial charge >= 0.3 is 5.97 Å². The molecule has 0 aliphatic carbocycles. The molecule has 0 saturated heterocycles. The minimum absolute atomic E-state index is 0.0185. The van der Waals surface area contributed by atoms with Gasteiger partial charge in [0.25, 0.3) is 0 Å². The fourth-order valence-corrected chi connectivity index (χ4v) is 1.82. The molecule has 0 saturated carbocycles. The Balaban J connectivity index is 2.92. The van der Waals surface area contributed by atoms with Crippen LogP contribution in [-0.2, 0) is 9.53 Å². The maximum atomic E-state index is 11.3. The van der Waals surface area contributed by atoms with E-state index in [0.717, 1.165) is 6.42 Å². The number of carbonyl (C=O) groups is 1. The van der Waals surface area contributed by atoms with Crippen molar-refractivity contribution in [3.05, 3.63) is 12.3 Å². The Morgan fingerprint density at radius 2 is 2.14 bits per heavy atom. The largest absolute Gasteiger partial charge is 0.483 e. The quantitative estimate of drug-likeness (QED) is 0.757. The molecular formula is C11H18O3. The van der Waals surface area contributed by atoms with E-state index >= 15 is 0 Å². The van der Waals surface area contributed by atoms with Gasteiger partial charge < -0.3 is 9.84 Å². The van der Waals surface area contributed by atoms with Crippen LogP contribution in [0.5, 0.6) is 0 Å². The van der Waals surface area contributed by atoms with Crippen molar-refractivity contribution in [2.24, 2.45) is 11.8 Å². The van der Waals surface area contributed by atoms with E-state index in [4.69, 9.17) is 4.74 Å². The Labute approximate surface area is 84.8 Å². The first-order chi connectivity index (χ1) is 6.50. The van der Waals surface area contributed by atoms with Gasteiger partial charge in [0.05, 0.1) is 6.26 Å². The number of allylic oxidation sites excluding steroid dienone is 1. The SMILES string of the molecule is CC(C)C(C)C1(C(=O)O)CCC=CO1. The van der Waals surface area contributed by atoms with Crippen molar-refractivity contribution in [1.29, 1.82) is 0 Å². The van der Waals surface area contributed by atoms with E-state index in [1.165, 1.54) is 6.26 Å². The lowest BCUT2D eigenvalue weighted by molar-refractivity contribution is -0.169. The third-order valence-electron chi connectivity index (χ3n) is 3.15. The van der Waals surface area contributed by atoms with E-state index in [2.05, 4.69) is 0 Å². The molecule has 1 N–H and O–H groups in total. The first kappa shape index (κ1) is 11.1. The predicted octanol–water partition coefficient (Wildman–Crippen LogP) is 2.43. The molecule has 0 aromatic rings. The molecule has 0 spiro atoms. The second-order valence-corrected chi connectivity index (χ2v) is 4.26. The van der Waals surface area contributed by atoms with Crippen LogP contribution in [0.15, 0.2) is 12.3 Å². The summed E-state index contributed by atoms with van der Waals surface area (Å²) in [5.41, 5.74) is -1.01. The standard InChI is InChI=1S/C11H18O3/c1-8(2)9(3)11(10(12)13)6-4-5-7-14-11/h5,7-9H,4,6H2,1-3H3,(H,12,13). The molecule has 3 heteroatoms. The summed E-state index contributed by atoms with van der Waals surface area (Å²) in [6, 6.07) is 0. The third kappa shape index (κ3) is 1.76. The summed E-state index contributed by atoms with van der Waals surface area (Å²) in [7, 11) is 0. The van der Waals surface area contributed by atoms with Crippen LogP contribution in [0, 0.1) is 11.8 Å². The van der Waals surface area contributed by atoms with E-state index in [-0.39, 0.29) is 5.92 Å². The molecule has 14 heavy (non-hydrogen) atoms. The fourth-order valence-electron chi connectivity index (χ4n) is 1.82. The Kier molecular flexibility index (Phi) is 3.19. The fraction of sp³-hybridized carbons (Fsp3) is 0.727. The lowest BCUT2D eigenvalue weighted by Gasteiger charge is -2.38. The minimum Gasteiger partial charge on any atom is -0.483 e. The summed E-state index contributed by atoms with van der Waals surface area (Å²) in [6.45, 7) is 5.99. The van der Waals surface area contributed by atoms with E-state index in [1.54, 1.807) is 0 Å². The molecule has 0 bridgehead atoms. The van der Waals surface area contributed by atoms with Crippen molar-refractivity contribution in [2.75, 3.05) is 0 Å². The van der Waals surface area contributed by atoms with Gasteiger partial charge in [-0.1, -0.05) is 20.8 Å². The molecule has 0 fully saturated rings. The van der Waals surface area contributed by atoms with Gasteiger partial charge in [-0.3, -0.25) is 0 Å². The van der Waals surface area contributed by atoms with Crippen LogP contribution >= 0.6 is 0 Å².